The van der Waals surface area contributed by atoms with Crippen molar-refractivity contribution < 1.29 is 40.6 Å². The fraction of sp³-hybridized carbons (Fsp3) is 0.240. The molecule has 1 aliphatic rings. The molecule has 0 radical (unpaired) electrons. The zero-order chi connectivity index (χ0) is 28.8. The number of carboxylic acid groups (broad SMARTS) is 1. The van der Waals surface area contributed by atoms with Crippen LogP contribution in [0, 0.1) is 11.7 Å². The van der Waals surface area contributed by atoms with Crippen molar-refractivity contribution in [2.45, 2.75) is 36.9 Å². The van der Waals surface area contributed by atoms with Crippen LogP contribution in [0.15, 0.2) is 52.7 Å². The molecule has 2 heterocycles. The Morgan fingerprint density at radius 2 is 1.95 bits per heavy atom. The lowest BCUT2D eigenvalue weighted by Gasteiger charge is -2.11. The number of carbonyl (C=O) groups is 1. The van der Waals surface area contributed by atoms with E-state index < -0.39 is 38.8 Å². The minimum atomic E-state index is -4.92. The van der Waals surface area contributed by atoms with Crippen molar-refractivity contribution in [3.05, 3.63) is 76.2 Å². The van der Waals surface area contributed by atoms with E-state index in [1.165, 1.54) is 34.3 Å². The molecule has 0 amide bonds. The van der Waals surface area contributed by atoms with Crippen molar-refractivity contribution >= 4 is 27.3 Å². The lowest BCUT2D eigenvalue weighted by atomic mass is 9.97. The maximum absolute atomic E-state index is 14.7. The van der Waals surface area contributed by atoms with Crippen molar-refractivity contribution in [2.24, 2.45) is 11.1 Å². The van der Waals surface area contributed by atoms with Gasteiger partial charge in [0.25, 0.3) is 0 Å². The molecule has 0 aliphatic heterocycles. The van der Waals surface area contributed by atoms with Crippen LogP contribution in [0.2, 0.25) is 0 Å². The molecule has 0 spiro atoms. The number of primary sulfonamides is 1. The normalized spacial score (nSPS) is 13.9. The molecule has 1 fully saturated rings. The molecular weight excluding hydrogens is 576 g/mol. The molecule has 0 unspecified atom stereocenters. The van der Waals surface area contributed by atoms with Gasteiger partial charge in [-0.1, -0.05) is 18.2 Å². The number of aromatic nitrogens is 3. The summed E-state index contributed by atoms with van der Waals surface area (Å²) < 4.78 is 82.3. The molecular formula is C25H20F4N4O5S2. The Morgan fingerprint density at radius 3 is 2.55 bits per heavy atom. The van der Waals surface area contributed by atoms with E-state index in [9.17, 15) is 35.9 Å². The van der Waals surface area contributed by atoms with E-state index in [-0.39, 0.29) is 28.5 Å². The second-order valence-electron chi connectivity index (χ2n) is 9.22. The summed E-state index contributed by atoms with van der Waals surface area (Å²) in [5.74, 6) is -2.46. The van der Waals surface area contributed by atoms with E-state index >= 15 is 0 Å². The zero-order valence-electron chi connectivity index (χ0n) is 20.4. The summed E-state index contributed by atoms with van der Waals surface area (Å²) in [4.78, 5) is 14.9. The van der Waals surface area contributed by atoms with E-state index in [1.54, 1.807) is 0 Å². The summed E-state index contributed by atoms with van der Waals surface area (Å²) in [6, 6.07) is 8.67. The topological polar surface area (TPSA) is 137 Å². The van der Waals surface area contributed by atoms with Crippen LogP contribution in [0.1, 0.15) is 40.2 Å². The highest BCUT2D eigenvalue weighted by Gasteiger charge is 2.32. The van der Waals surface area contributed by atoms with Gasteiger partial charge in [-0.2, -0.15) is 5.10 Å². The SMILES string of the molecule is NS(=O)(=O)c1ccc(Cc2c(-c3cccc(OC(F)(F)F)c3)nn(-c3nc(C(=O)O)cs3)c2CC2CC2)cc1F. The van der Waals surface area contributed by atoms with Crippen LogP contribution >= 0.6 is 11.3 Å². The summed E-state index contributed by atoms with van der Waals surface area (Å²) in [5.41, 5.74) is 1.84. The number of benzene rings is 2. The molecule has 4 aromatic rings. The van der Waals surface area contributed by atoms with Gasteiger partial charge in [-0.25, -0.2) is 32.4 Å². The molecule has 3 N–H and O–H groups in total. The molecule has 40 heavy (non-hydrogen) atoms. The predicted molar refractivity (Wildman–Crippen MR) is 135 cm³/mol. The molecule has 2 aromatic carbocycles. The van der Waals surface area contributed by atoms with E-state index in [0.717, 1.165) is 42.4 Å². The van der Waals surface area contributed by atoms with Gasteiger partial charge in [0.05, 0.1) is 11.4 Å². The smallest absolute Gasteiger partial charge is 0.476 e. The summed E-state index contributed by atoms with van der Waals surface area (Å²) in [7, 11) is -4.30. The van der Waals surface area contributed by atoms with Crippen molar-refractivity contribution in [2.75, 3.05) is 0 Å². The largest absolute Gasteiger partial charge is 0.573 e. The molecule has 1 aliphatic carbocycles. The summed E-state index contributed by atoms with van der Waals surface area (Å²) in [5, 5.41) is 20.7. The Kier molecular flexibility index (Phi) is 7.14. The van der Waals surface area contributed by atoms with Gasteiger partial charge in [0.1, 0.15) is 16.5 Å². The van der Waals surface area contributed by atoms with Crippen LogP contribution in [-0.4, -0.2) is 40.6 Å². The molecule has 15 heteroatoms. The van der Waals surface area contributed by atoms with Gasteiger partial charge < -0.3 is 9.84 Å². The number of alkyl halides is 3. The Morgan fingerprint density at radius 1 is 1.20 bits per heavy atom. The first-order chi connectivity index (χ1) is 18.8. The van der Waals surface area contributed by atoms with Gasteiger partial charge in [0.15, 0.2) is 5.69 Å². The van der Waals surface area contributed by atoms with Gasteiger partial charge in [-0.05, 0) is 55.0 Å². The quantitative estimate of drug-likeness (QED) is 0.262. The summed E-state index contributed by atoms with van der Waals surface area (Å²) in [6.07, 6.45) is -2.52. The van der Waals surface area contributed by atoms with Gasteiger partial charge in [-0.15, -0.1) is 24.5 Å². The van der Waals surface area contributed by atoms with E-state index in [4.69, 9.17) is 5.14 Å². The number of nitrogens with zero attached hydrogens (tertiary/aromatic N) is 3. The van der Waals surface area contributed by atoms with Gasteiger partial charge in [0.2, 0.25) is 15.2 Å². The number of ether oxygens (including phenoxy) is 1. The Balaban J connectivity index is 1.67. The molecule has 210 valence electrons. The van der Waals surface area contributed by atoms with Gasteiger partial charge >= 0.3 is 12.3 Å². The number of hydrogen-bond donors (Lipinski definition) is 2. The monoisotopic (exact) mass is 596 g/mol. The van der Waals surface area contributed by atoms with Gasteiger partial charge in [0, 0.05) is 22.9 Å². The minimum absolute atomic E-state index is 0.0285. The van der Waals surface area contributed by atoms with E-state index in [0.29, 0.717) is 29.2 Å². The molecule has 1 saturated carbocycles. The van der Waals surface area contributed by atoms with Crippen molar-refractivity contribution in [3.63, 3.8) is 0 Å². The highest BCUT2D eigenvalue weighted by Crippen LogP contribution is 2.39. The van der Waals surface area contributed by atoms with Gasteiger partial charge in [-0.3, -0.25) is 0 Å². The highest BCUT2D eigenvalue weighted by atomic mass is 32.2. The predicted octanol–water partition coefficient (Wildman–Crippen LogP) is 4.92. The van der Waals surface area contributed by atoms with E-state index in [1.807, 2.05) is 0 Å². The Bertz CT molecular complexity index is 1710. The number of thiazole rings is 1. The fourth-order valence-corrected chi connectivity index (χ4v) is 5.62. The first-order valence-electron chi connectivity index (χ1n) is 11.8. The first-order valence-corrected chi connectivity index (χ1v) is 14.2. The van der Waals surface area contributed by atoms with Crippen molar-refractivity contribution in [3.8, 4) is 22.1 Å². The molecule has 2 aromatic heterocycles. The van der Waals surface area contributed by atoms with Crippen LogP contribution in [-0.2, 0) is 22.9 Å². The van der Waals surface area contributed by atoms with Crippen molar-refractivity contribution in [1.82, 2.24) is 14.8 Å². The molecule has 0 saturated heterocycles. The second kappa shape index (κ2) is 10.3. The maximum Gasteiger partial charge on any atom is 0.573 e. The number of aromatic carboxylic acids is 1. The minimum Gasteiger partial charge on any atom is -0.476 e. The number of sulfonamides is 1. The molecule has 5 rings (SSSR count). The zero-order valence-corrected chi connectivity index (χ0v) is 22.0. The lowest BCUT2D eigenvalue weighted by molar-refractivity contribution is -0.274. The Labute approximate surface area is 228 Å². The summed E-state index contributed by atoms with van der Waals surface area (Å²) >= 11 is 1.03. The van der Waals surface area contributed by atoms with Crippen LogP contribution < -0.4 is 9.88 Å². The fourth-order valence-electron chi connectivity index (χ4n) is 4.26. The highest BCUT2D eigenvalue weighted by molar-refractivity contribution is 7.89. The average molecular weight is 597 g/mol. The molecule has 0 bridgehead atoms. The van der Waals surface area contributed by atoms with Crippen molar-refractivity contribution in [1.29, 1.82) is 0 Å². The van der Waals surface area contributed by atoms with Crippen LogP contribution in [0.4, 0.5) is 17.6 Å². The maximum atomic E-state index is 14.7. The third-order valence-corrected chi connectivity index (χ3v) is 7.95. The van der Waals surface area contributed by atoms with Crippen LogP contribution in [0.3, 0.4) is 0 Å². The standard InChI is InChI=1S/C25H20F4N4O5S2/c26-18-9-14(6-7-21(18)40(30,36)37)8-17-20(10-13-4-5-13)33(24-31-19(12-39-24)23(34)35)32-22(17)15-2-1-3-16(11-15)38-25(27,28)29/h1-3,6-7,9,11-13H,4-5,8,10H2,(H,34,35)(H2,30,36,37). The lowest BCUT2D eigenvalue weighted by Crippen LogP contribution is -2.17. The van der Waals surface area contributed by atoms with E-state index in [2.05, 4.69) is 14.8 Å². The Hall–Kier alpha value is -3.82. The number of halogens is 4. The summed E-state index contributed by atoms with van der Waals surface area (Å²) in [6.45, 7) is 0. The first kappa shape index (κ1) is 27.7. The number of rotatable bonds is 9. The van der Waals surface area contributed by atoms with Crippen LogP contribution in [0.25, 0.3) is 16.4 Å². The van der Waals surface area contributed by atoms with Crippen LogP contribution in [0.5, 0.6) is 5.75 Å². The second-order valence-corrected chi connectivity index (χ2v) is 11.6. The third-order valence-electron chi connectivity index (χ3n) is 6.19. The molecule has 9 nitrogen and oxygen atoms in total. The molecule has 0 atom stereocenters. The third kappa shape index (κ3) is 6.16. The number of carboxylic acids is 1. The number of nitrogens with two attached hydrogens (primary N) is 1. The average Bonchev–Trinajstić information content (AvgIpc) is 3.40. The number of hydrogen-bond acceptors (Lipinski definition) is 7.